The average molecular weight is 555 g/mol. The molecule has 0 saturated carbocycles. The minimum absolute atomic E-state index is 0.0927. The zero-order chi connectivity index (χ0) is 24.1. The summed E-state index contributed by atoms with van der Waals surface area (Å²) < 4.78 is 13.2. The van der Waals surface area contributed by atoms with Crippen LogP contribution in [-0.2, 0) is 17.9 Å². The van der Waals surface area contributed by atoms with E-state index < -0.39 is 0 Å². The fourth-order valence-electron chi connectivity index (χ4n) is 3.43. The quantitative estimate of drug-likeness (QED) is 0.219. The number of carbonyl (C=O) groups is 1. The van der Waals surface area contributed by atoms with Crippen LogP contribution < -0.4 is 9.47 Å². The Balaban J connectivity index is 1.55. The average Bonchev–Trinajstić information content (AvgIpc) is 3.09. The summed E-state index contributed by atoms with van der Waals surface area (Å²) in [5.74, 6) is 1.18. The Morgan fingerprint density at radius 2 is 1.71 bits per heavy atom. The van der Waals surface area contributed by atoms with E-state index in [0.717, 1.165) is 21.2 Å². The van der Waals surface area contributed by atoms with Gasteiger partial charge < -0.3 is 9.47 Å². The van der Waals surface area contributed by atoms with Crippen LogP contribution in [0.15, 0.2) is 76.1 Å². The number of halogens is 1. The molecule has 1 saturated heterocycles. The van der Waals surface area contributed by atoms with Crippen LogP contribution in [0.1, 0.15) is 29.2 Å². The van der Waals surface area contributed by atoms with Crippen molar-refractivity contribution in [1.82, 2.24) is 4.90 Å². The van der Waals surface area contributed by atoms with Gasteiger partial charge in [0.2, 0.25) is 0 Å². The van der Waals surface area contributed by atoms with Gasteiger partial charge in [0.15, 0.2) is 11.5 Å². The first kappa shape index (κ1) is 24.5. The lowest BCUT2D eigenvalue weighted by Crippen LogP contribution is -2.27. The maximum atomic E-state index is 13.1. The lowest BCUT2D eigenvalue weighted by Gasteiger charge is -2.15. The summed E-state index contributed by atoms with van der Waals surface area (Å²) in [5.41, 5.74) is 4.12. The van der Waals surface area contributed by atoms with Crippen LogP contribution in [-0.4, -0.2) is 21.7 Å². The molecule has 0 radical (unpaired) electrons. The van der Waals surface area contributed by atoms with Crippen LogP contribution in [0, 0.1) is 6.92 Å². The molecule has 34 heavy (non-hydrogen) atoms. The number of ether oxygens (including phenoxy) is 2. The highest BCUT2D eigenvalue weighted by molar-refractivity contribution is 9.10. The molecule has 0 bridgehead atoms. The van der Waals surface area contributed by atoms with Crippen molar-refractivity contribution in [2.45, 2.75) is 27.0 Å². The number of nitrogens with zero attached hydrogens (tertiary/aromatic N) is 1. The van der Waals surface area contributed by atoms with E-state index in [1.54, 1.807) is 4.90 Å². The molecule has 1 amide bonds. The summed E-state index contributed by atoms with van der Waals surface area (Å²) in [4.78, 5) is 15.3. The molecular weight excluding hydrogens is 530 g/mol. The first-order valence-corrected chi connectivity index (χ1v) is 12.9. The Morgan fingerprint density at radius 1 is 1.00 bits per heavy atom. The second-order valence-electron chi connectivity index (χ2n) is 7.78. The molecule has 0 atom stereocenters. The second kappa shape index (κ2) is 11.2. The SMILES string of the molecule is CCOc1cc(/C=C2\SC(=S)N(Cc3ccc(C)cc3)C2=O)c(Br)cc1OCc1ccccc1. The van der Waals surface area contributed by atoms with Gasteiger partial charge in [0, 0.05) is 4.47 Å². The van der Waals surface area contributed by atoms with Gasteiger partial charge in [-0.2, -0.15) is 0 Å². The Hall–Kier alpha value is -2.61. The molecule has 0 unspecified atom stereocenters. The zero-order valence-corrected chi connectivity index (χ0v) is 22.1. The van der Waals surface area contributed by atoms with Gasteiger partial charge in [0.05, 0.1) is 18.1 Å². The predicted octanol–water partition coefficient (Wildman–Crippen LogP) is 7.14. The van der Waals surface area contributed by atoms with Crippen LogP contribution in [0.2, 0.25) is 0 Å². The lowest BCUT2D eigenvalue weighted by atomic mass is 10.1. The second-order valence-corrected chi connectivity index (χ2v) is 10.3. The highest BCUT2D eigenvalue weighted by Crippen LogP contribution is 2.39. The van der Waals surface area contributed by atoms with E-state index in [9.17, 15) is 4.79 Å². The van der Waals surface area contributed by atoms with Crippen molar-refractivity contribution in [3.05, 3.63) is 98.4 Å². The van der Waals surface area contributed by atoms with Crippen molar-refractivity contribution in [3.63, 3.8) is 0 Å². The number of amides is 1. The molecule has 3 aromatic rings. The van der Waals surface area contributed by atoms with E-state index in [0.29, 0.717) is 40.5 Å². The molecule has 0 aromatic heterocycles. The van der Waals surface area contributed by atoms with Gasteiger partial charge in [0.1, 0.15) is 10.9 Å². The molecule has 174 valence electrons. The lowest BCUT2D eigenvalue weighted by molar-refractivity contribution is -0.122. The van der Waals surface area contributed by atoms with Gasteiger partial charge >= 0.3 is 0 Å². The third-order valence-corrected chi connectivity index (χ3v) is 7.29. The number of carbonyl (C=O) groups excluding carboxylic acids is 1. The van der Waals surface area contributed by atoms with Crippen molar-refractivity contribution in [3.8, 4) is 11.5 Å². The van der Waals surface area contributed by atoms with Crippen molar-refractivity contribution in [2.75, 3.05) is 6.61 Å². The van der Waals surface area contributed by atoms with Gasteiger partial charge in [-0.1, -0.05) is 100 Å². The van der Waals surface area contributed by atoms with Crippen molar-refractivity contribution in [1.29, 1.82) is 0 Å². The molecule has 0 spiro atoms. The Bertz CT molecular complexity index is 1230. The number of aryl methyl sites for hydroxylation is 1. The number of thiocarbonyl (C=S) groups is 1. The van der Waals surface area contributed by atoms with Gasteiger partial charge in [-0.3, -0.25) is 9.69 Å². The monoisotopic (exact) mass is 553 g/mol. The van der Waals surface area contributed by atoms with E-state index in [2.05, 4.69) is 15.9 Å². The molecule has 1 fully saturated rings. The highest BCUT2D eigenvalue weighted by Gasteiger charge is 2.32. The topological polar surface area (TPSA) is 38.8 Å². The molecule has 1 heterocycles. The van der Waals surface area contributed by atoms with E-state index in [4.69, 9.17) is 21.7 Å². The summed E-state index contributed by atoms with van der Waals surface area (Å²) in [6.07, 6.45) is 1.85. The molecular formula is C27H24BrNO3S2. The van der Waals surface area contributed by atoms with Crippen molar-refractivity contribution >= 4 is 56.2 Å². The molecule has 3 aromatic carbocycles. The van der Waals surface area contributed by atoms with Crippen LogP contribution in [0.4, 0.5) is 0 Å². The molecule has 1 aliphatic rings. The highest BCUT2D eigenvalue weighted by atomic mass is 79.9. The van der Waals surface area contributed by atoms with E-state index in [1.165, 1.54) is 17.3 Å². The largest absolute Gasteiger partial charge is 0.490 e. The smallest absolute Gasteiger partial charge is 0.266 e. The summed E-state index contributed by atoms with van der Waals surface area (Å²) >= 11 is 10.5. The molecule has 4 nitrogen and oxygen atoms in total. The van der Waals surface area contributed by atoms with E-state index in [-0.39, 0.29) is 5.91 Å². The summed E-state index contributed by atoms with van der Waals surface area (Å²) in [5, 5.41) is 0. The fourth-order valence-corrected chi connectivity index (χ4v) is 5.11. The minimum atomic E-state index is -0.0927. The first-order chi connectivity index (χ1) is 16.4. The number of hydrogen-bond donors (Lipinski definition) is 0. The van der Waals surface area contributed by atoms with Crippen LogP contribution in [0.5, 0.6) is 11.5 Å². The number of benzene rings is 3. The van der Waals surface area contributed by atoms with Crippen LogP contribution in [0.25, 0.3) is 6.08 Å². The van der Waals surface area contributed by atoms with Crippen LogP contribution >= 0.6 is 39.9 Å². The zero-order valence-electron chi connectivity index (χ0n) is 18.9. The van der Waals surface area contributed by atoms with Gasteiger partial charge in [-0.05, 0) is 48.7 Å². The number of rotatable bonds is 8. The van der Waals surface area contributed by atoms with Gasteiger partial charge in [-0.15, -0.1) is 0 Å². The van der Waals surface area contributed by atoms with Crippen molar-refractivity contribution < 1.29 is 14.3 Å². The molecule has 4 rings (SSSR count). The Morgan fingerprint density at radius 3 is 2.41 bits per heavy atom. The Kier molecular flexibility index (Phi) is 8.08. The third-order valence-electron chi connectivity index (χ3n) is 5.22. The maximum absolute atomic E-state index is 13.1. The molecule has 0 aliphatic carbocycles. The Labute approximate surface area is 218 Å². The number of thioether (sulfide) groups is 1. The minimum Gasteiger partial charge on any atom is -0.490 e. The van der Waals surface area contributed by atoms with E-state index >= 15 is 0 Å². The molecule has 7 heteroatoms. The molecule has 0 N–H and O–H groups in total. The summed E-state index contributed by atoms with van der Waals surface area (Å²) in [6.45, 7) is 5.36. The third kappa shape index (κ3) is 5.90. The summed E-state index contributed by atoms with van der Waals surface area (Å²) in [7, 11) is 0. The maximum Gasteiger partial charge on any atom is 0.266 e. The van der Waals surface area contributed by atoms with Crippen molar-refractivity contribution in [2.24, 2.45) is 0 Å². The van der Waals surface area contributed by atoms with Gasteiger partial charge in [-0.25, -0.2) is 0 Å². The van der Waals surface area contributed by atoms with Gasteiger partial charge in [0.25, 0.3) is 5.91 Å². The number of hydrogen-bond acceptors (Lipinski definition) is 5. The fraction of sp³-hybridized carbons (Fsp3) is 0.185. The predicted molar refractivity (Wildman–Crippen MR) is 146 cm³/mol. The first-order valence-electron chi connectivity index (χ1n) is 10.9. The van der Waals surface area contributed by atoms with Crippen LogP contribution in [0.3, 0.4) is 0 Å². The normalized spacial score (nSPS) is 14.7. The summed E-state index contributed by atoms with van der Waals surface area (Å²) in [6, 6.07) is 21.9. The van der Waals surface area contributed by atoms with E-state index in [1.807, 2.05) is 86.7 Å². The standard InChI is InChI=1S/C27H24BrNO3S2/c1-3-31-23-13-21(22(28)15-24(23)32-17-20-7-5-4-6-8-20)14-25-26(30)29(27(33)34-25)16-19-11-9-18(2)10-12-19/h4-15H,3,16-17H2,1-2H3/b25-14-. The molecule has 1 aliphatic heterocycles.